The van der Waals surface area contributed by atoms with Gasteiger partial charge < -0.3 is 4.42 Å². The lowest BCUT2D eigenvalue weighted by atomic mass is 9.84. The van der Waals surface area contributed by atoms with Crippen molar-refractivity contribution < 1.29 is 37.3 Å². The monoisotopic (exact) mass is 596 g/mol. The summed E-state index contributed by atoms with van der Waals surface area (Å²) >= 11 is 0. The lowest BCUT2D eigenvalue weighted by Gasteiger charge is -2.19. The summed E-state index contributed by atoms with van der Waals surface area (Å²) in [6, 6.07) is -13.1. The molecule has 0 atom stereocenters. The lowest BCUT2D eigenvalue weighted by Crippen LogP contribution is -1.91. The molecule has 0 aliphatic heterocycles. The molecule has 9 rings (SSSR count). The molecule has 0 radical (unpaired) electrons. The average molecular weight is 597 g/mol. The van der Waals surface area contributed by atoms with Gasteiger partial charge in [0.2, 0.25) is 0 Å². The van der Waals surface area contributed by atoms with E-state index in [1.807, 2.05) is 0 Å². The van der Waals surface area contributed by atoms with E-state index in [-0.39, 0.29) is 33.0 Å². The first-order valence-electron chi connectivity index (χ1n) is 25.5. The summed E-state index contributed by atoms with van der Waals surface area (Å²) in [5.41, 5.74) is -4.01. The standard InChI is InChI=1S/C44H28O/c1-3-11-29(12-4-1)30-19-21-31(22-20-30)33-23-26-39-40(27-33)44(34-24-25-36-35-15-9-10-18-41(35)45-42(36)28-34)38-17-8-7-16-37(38)43(39)32-13-5-2-6-14-32/h1-28H/i1D,2D,3D,4D,5D,6D,7D,8D,9D,10D,11D,12D,13D,14D,15D,16D,17D,18D,23D,24D,25D,26D,27D,28D. The second-order valence-corrected chi connectivity index (χ2v) is 9.84. The van der Waals surface area contributed by atoms with Gasteiger partial charge in [0.15, 0.2) is 0 Å². The fourth-order valence-electron chi connectivity index (χ4n) is 5.36. The van der Waals surface area contributed by atoms with Gasteiger partial charge in [-0.2, -0.15) is 0 Å². The highest BCUT2D eigenvalue weighted by molar-refractivity contribution is 6.22. The van der Waals surface area contributed by atoms with Crippen molar-refractivity contribution >= 4 is 43.5 Å². The minimum Gasteiger partial charge on any atom is -0.456 e. The Hall–Kier alpha value is -5.92. The van der Waals surface area contributed by atoms with E-state index in [0.29, 0.717) is 0 Å². The topological polar surface area (TPSA) is 13.1 Å². The Labute approximate surface area is 295 Å². The Balaban J connectivity index is 1.55. The van der Waals surface area contributed by atoms with Crippen molar-refractivity contribution in [3.8, 4) is 44.5 Å². The molecule has 210 valence electrons. The third-order valence-corrected chi connectivity index (χ3v) is 7.35. The molecule has 0 N–H and O–H groups in total. The van der Waals surface area contributed by atoms with Crippen LogP contribution < -0.4 is 0 Å². The van der Waals surface area contributed by atoms with Crippen LogP contribution in [-0.2, 0) is 0 Å². The van der Waals surface area contributed by atoms with E-state index in [9.17, 15) is 11.0 Å². The third kappa shape index (κ3) is 4.24. The maximum atomic E-state index is 9.99. The van der Waals surface area contributed by atoms with Crippen molar-refractivity contribution in [3.63, 3.8) is 0 Å². The van der Waals surface area contributed by atoms with Crippen LogP contribution in [0.4, 0.5) is 0 Å². The third-order valence-electron chi connectivity index (χ3n) is 7.35. The van der Waals surface area contributed by atoms with Crippen LogP contribution in [0.25, 0.3) is 88.0 Å². The van der Waals surface area contributed by atoms with E-state index >= 15 is 0 Å². The van der Waals surface area contributed by atoms with E-state index in [1.165, 1.54) is 24.3 Å². The summed E-state index contributed by atoms with van der Waals surface area (Å²) < 4.78 is 218. The maximum Gasteiger partial charge on any atom is 0.136 e. The highest BCUT2D eigenvalue weighted by atomic mass is 16.3. The first kappa shape index (κ1) is 11.2. The number of fused-ring (bicyclic) bond motifs is 5. The van der Waals surface area contributed by atoms with Gasteiger partial charge in [-0.15, -0.1) is 0 Å². The molecule has 0 amide bonds. The van der Waals surface area contributed by atoms with Crippen molar-refractivity contribution in [1.82, 2.24) is 0 Å². The highest BCUT2D eigenvalue weighted by Gasteiger charge is 2.18. The van der Waals surface area contributed by atoms with Crippen molar-refractivity contribution in [1.29, 1.82) is 0 Å². The molecule has 1 aromatic heterocycles. The number of hydrogen-bond donors (Lipinski definition) is 0. The van der Waals surface area contributed by atoms with Gasteiger partial charge in [-0.3, -0.25) is 0 Å². The van der Waals surface area contributed by atoms with Crippen LogP contribution in [-0.4, -0.2) is 0 Å². The Morgan fingerprint density at radius 2 is 0.800 bits per heavy atom. The predicted octanol–water partition coefficient (Wildman–Crippen LogP) is 12.6. The van der Waals surface area contributed by atoms with Crippen molar-refractivity contribution in [2.45, 2.75) is 0 Å². The molecule has 45 heavy (non-hydrogen) atoms. The van der Waals surface area contributed by atoms with E-state index < -0.39 is 200 Å². The molecular weight excluding hydrogens is 544 g/mol. The minimum absolute atomic E-state index is 0.00338. The van der Waals surface area contributed by atoms with Gasteiger partial charge in [0.1, 0.15) is 11.2 Å². The van der Waals surface area contributed by atoms with Gasteiger partial charge >= 0.3 is 0 Å². The van der Waals surface area contributed by atoms with Gasteiger partial charge in [-0.05, 0) is 90.2 Å². The van der Waals surface area contributed by atoms with Crippen LogP contribution in [0.3, 0.4) is 0 Å². The van der Waals surface area contributed by atoms with Gasteiger partial charge in [0.25, 0.3) is 0 Å². The zero-order chi connectivity index (χ0) is 50.6. The summed E-state index contributed by atoms with van der Waals surface area (Å²) in [4.78, 5) is 0. The smallest absolute Gasteiger partial charge is 0.136 e. The van der Waals surface area contributed by atoms with E-state index in [0.717, 1.165) is 0 Å². The predicted molar refractivity (Wildman–Crippen MR) is 190 cm³/mol. The first-order chi connectivity index (χ1) is 32.3. The molecule has 0 aliphatic carbocycles. The lowest BCUT2D eigenvalue weighted by molar-refractivity contribution is 0.669. The van der Waals surface area contributed by atoms with Gasteiger partial charge in [-0.1, -0.05) is 145 Å². The summed E-state index contributed by atoms with van der Waals surface area (Å²) in [7, 11) is 0. The number of rotatable bonds is 4. The van der Waals surface area contributed by atoms with Crippen molar-refractivity contribution in [2.75, 3.05) is 0 Å². The fourth-order valence-corrected chi connectivity index (χ4v) is 5.36. The molecule has 0 unspecified atom stereocenters. The quantitative estimate of drug-likeness (QED) is 0.184. The zero-order valence-corrected chi connectivity index (χ0v) is 22.7. The highest BCUT2D eigenvalue weighted by Crippen LogP contribution is 2.45. The molecule has 0 spiro atoms. The van der Waals surface area contributed by atoms with Gasteiger partial charge in [0.05, 0.1) is 32.9 Å². The van der Waals surface area contributed by atoms with Crippen LogP contribution >= 0.6 is 0 Å². The average Bonchev–Trinajstić information content (AvgIpc) is 3.74. The van der Waals surface area contributed by atoms with Crippen LogP contribution in [0.2, 0.25) is 0 Å². The largest absolute Gasteiger partial charge is 0.456 e. The van der Waals surface area contributed by atoms with Crippen LogP contribution in [0, 0.1) is 0 Å². The van der Waals surface area contributed by atoms with E-state index in [4.69, 9.17) is 26.3 Å². The van der Waals surface area contributed by atoms with Crippen molar-refractivity contribution in [3.05, 3.63) is 169 Å². The second kappa shape index (κ2) is 10.4. The summed E-state index contributed by atoms with van der Waals surface area (Å²) in [5, 5.41) is -3.09. The van der Waals surface area contributed by atoms with Crippen LogP contribution in [0.1, 0.15) is 32.9 Å². The summed E-state index contributed by atoms with van der Waals surface area (Å²) in [5.74, 6) is 0. The summed E-state index contributed by atoms with van der Waals surface area (Å²) in [6.07, 6.45) is 0. The van der Waals surface area contributed by atoms with E-state index in [2.05, 4.69) is 0 Å². The molecule has 1 heterocycles. The van der Waals surface area contributed by atoms with Crippen LogP contribution in [0.5, 0.6) is 0 Å². The normalized spacial score (nSPS) is 19.0. The zero-order valence-electron chi connectivity index (χ0n) is 46.7. The molecule has 0 aliphatic rings. The van der Waals surface area contributed by atoms with Gasteiger partial charge in [0, 0.05) is 10.8 Å². The first-order valence-corrected chi connectivity index (χ1v) is 13.5. The Bertz CT molecular complexity index is 3820. The molecule has 1 nitrogen and oxygen atoms in total. The molecular formula is C44H28O. The summed E-state index contributed by atoms with van der Waals surface area (Å²) in [6.45, 7) is 0. The Morgan fingerprint density at radius 1 is 0.311 bits per heavy atom. The molecule has 1 heteroatoms. The number of hydrogen-bond acceptors (Lipinski definition) is 1. The van der Waals surface area contributed by atoms with E-state index in [1.54, 1.807) is 0 Å². The molecule has 8 aromatic carbocycles. The molecule has 0 saturated carbocycles. The maximum absolute atomic E-state index is 9.99. The SMILES string of the molecule is [2H]c1c([2H])c([2H])c(-c2ccc(-c3c([2H])c([2H])c4c(-c5c([2H])c([2H])c([2H])c([2H])c5[2H])c5c([2H])c([2H])c([2H])c([2H])c5c(-c5c([2H])c([2H])c6c(oc7c([2H])c([2H])c([2H])c([2H])c76)c5[2H])c4c3[2H])cc2)c([2H])c1[2H]. The Morgan fingerprint density at radius 3 is 1.51 bits per heavy atom. The van der Waals surface area contributed by atoms with Gasteiger partial charge in [-0.25, -0.2) is 0 Å². The Kier molecular flexibility index (Phi) is 2.58. The van der Waals surface area contributed by atoms with Crippen molar-refractivity contribution in [2.24, 2.45) is 0 Å². The second-order valence-electron chi connectivity index (χ2n) is 9.84. The minimum atomic E-state index is -0.907. The van der Waals surface area contributed by atoms with Crippen LogP contribution in [0.15, 0.2) is 174 Å². The molecule has 9 aromatic rings. The number of para-hydroxylation sites is 1. The molecule has 0 fully saturated rings. The number of benzene rings is 8. The fraction of sp³-hybridized carbons (Fsp3) is 0. The number of furan rings is 1. The molecule has 0 saturated heterocycles. The molecule has 0 bridgehead atoms.